The van der Waals surface area contributed by atoms with Gasteiger partial charge in [0.15, 0.2) is 0 Å². The van der Waals surface area contributed by atoms with Gasteiger partial charge in [-0.1, -0.05) is 20.1 Å². The lowest BCUT2D eigenvalue weighted by atomic mass is 9.99. The zero-order valence-corrected chi connectivity index (χ0v) is 9.82. The molecule has 0 amide bonds. The Kier molecular flexibility index (Phi) is 6.15. The first kappa shape index (κ1) is 14.4. The maximum atomic E-state index is 11.1. The number of hydrogen-bond acceptors (Lipinski definition) is 4. The van der Waals surface area contributed by atoms with E-state index in [1.165, 1.54) is 0 Å². The summed E-state index contributed by atoms with van der Waals surface area (Å²) in [5.41, 5.74) is -0.632. The molecule has 16 heavy (non-hydrogen) atoms. The van der Waals surface area contributed by atoms with Crippen molar-refractivity contribution in [2.75, 3.05) is 6.61 Å². The maximum absolute atomic E-state index is 11.1. The third-order valence-corrected chi connectivity index (χ3v) is 2.30. The highest BCUT2D eigenvalue weighted by Crippen LogP contribution is 2.20. The summed E-state index contributed by atoms with van der Waals surface area (Å²) in [7, 11) is 0. The van der Waals surface area contributed by atoms with Gasteiger partial charge in [-0.2, -0.15) is 0 Å². The Morgan fingerprint density at radius 2 is 1.81 bits per heavy atom. The second-order valence-corrected chi connectivity index (χ2v) is 3.55. The molecular weight excluding hydrogens is 208 g/mol. The number of rotatable bonds is 7. The molecule has 1 unspecified atom stereocenters. The van der Waals surface area contributed by atoms with Crippen molar-refractivity contribution in [2.24, 2.45) is 0 Å². The van der Waals surface area contributed by atoms with Crippen molar-refractivity contribution < 1.29 is 19.1 Å². The van der Waals surface area contributed by atoms with Crippen molar-refractivity contribution >= 4 is 11.9 Å². The van der Waals surface area contributed by atoms with E-state index < -0.39 is 17.5 Å². The van der Waals surface area contributed by atoms with Crippen LogP contribution in [0, 0.1) is 0 Å². The van der Waals surface area contributed by atoms with Crippen molar-refractivity contribution in [1.29, 1.82) is 0 Å². The number of carbonyl (C=O) groups excluding carboxylic acids is 2. The first-order valence-corrected chi connectivity index (χ1v) is 5.12. The molecule has 0 heterocycles. The summed E-state index contributed by atoms with van der Waals surface area (Å²) in [6.45, 7) is 10.5. The van der Waals surface area contributed by atoms with Crippen LogP contribution in [-0.2, 0) is 19.1 Å². The van der Waals surface area contributed by atoms with Gasteiger partial charge in [0.25, 0.3) is 0 Å². The van der Waals surface area contributed by atoms with Gasteiger partial charge in [-0.15, -0.1) is 0 Å². The van der Waals surface area contributed by atoms with Crippen molar-refractivity contribution in [3.05, 3.63) is 25.3 Å². The van der Waals surface area contributed by atoms with Gasteiger partial charge in [0, 0.05) is 18.6 Å². The smallest absolute Gasteiger partial charge is 0.330 e. The fourth-order valence-corrected chi connectivity index (χ4v) is 1.01. The first-order valence-electron chi connectivity index (χ1n) is 5.12. The third kappa shape index (κ3) is 5.34. The second-order valence-electron chi connectivity index (χ2n) is 3.55. The molecule has 0 aromatic rings. The highest BCUT2D eigenvalue weighted by atomic mass is 16.6. The van der Waals surface area contributed by atoms with Crippen LogP contribution in [-0.4, -0.2) is 24.1 Å². The molecule has 0 aromatic carbocycles. The number of ether oxygens (including phenoxy) is 2. The summed E-state index contributed by atoms with van der Waals surface area (Å²) in [5.74, 6) is -0.951. The molecule has 0 aromatic heterocycles. The molecule has 4 heteroatoms. The van der Waals surface area contributed by atoms with Crippen LogP contribution in [0.1, 0.15) is 26.7 Å². The van der Waals surface area contributed by atoms with Crippen molar-refractivity contribution in [3.63, 3.8) is 0 Å². The molecule has 1 atom stereocenters. The van der Waals surface area contributed by atoms with Gasteiger partial charge < -0.3 is 9.47 Å². The SMILES string of the molecule is C=CC(=O)OCCC(C)(CC)OC(=O)C=C. The van der Waals surface area contributed by atoms with E-state index in [2.05, 4.69) is 13.2 Å². The molecular formula is C12H18O4. The summed E-state index contributed by atoms with van der Waals surface area (Å²) in [4.78, 5) is 21.9. The Bertz CT molecular complexity index is 283. The van der Waals surface area contributed by atoms with E-state index in [0.29, 0.717) is 12.8 Å². The van der Waals surface area contributed by atoms with Gasteiger partial charge in [-0.3, -0.25) is 0 Å². The van der Waals surface area contributed by atoms with Gasteiger partial charge in [0.2, 0.25) is 0 Å². The molecule has 0 saturated carbocycles. The molecule has 0 radical (unpaired) electrons. The lowest BCUT2D eigenvalue weighted by Crippen LogP contribution is -2.32. The molecule has 0 N–H and O–H groups in total. The predicted octanol–water partition coefficient (Wildman–Crippen LogP) is 2.00. The predicted molar refractivity (Wildman–Crippen MR) is 60.8 cm³/mol. The quantitative estimate of drug-likeness (QED) is 0.492. The zero-order chi connectivity index (χ0) is 12.6. The van der Waals surface area contributed by atoms with Gasteiger partial charge in [0.1, 0.15) is 5.60 Å². The van der Waals surface area contributed by atoms with E-state index in [-0.39, 0.29) is 6.61 Å². The van der Waals surface area contributed by atoms with Gasteiger partial charge >= 0.3 is 11.9 Å². The zero-order valence-electron chi connectivity index (χ0n) is 9.82. The highest BCUT2D eigenvalue weighted by Gasteiger charge is 2.26. The van der Waals surface area contributed by atoms with Crippen molar-refractivity contribution in [1.82, 2.24) is 0 Å². The van der Waals surface area contributed by atoms with E-state index in [4.69, 9.17) is 9.47 Å². The Balaban J connectivity index is 4.15. The van der Waals surface area contributed by atoms with Crippen molar-refractivity contribution in [3.8, 4) is 0 Å². The molecule has 0 saturated heterocycles. The number of carbonyl (C=O) groups is 2. The summed E-state index contributed by atoms with van der Waals surface area (Å²) >= 11 is 0. The minimum Gasteiger partial charge on any atom is -0.462 e. The van der Waals surface area contributed by atoms with Gasteiger partial charge in [0.05, 0.1) is 6.61 Å². The maximum Gasteiger partial charge on any atom is 0.330 e. The molecule has 0 bridgehead atoms. The topological polar surface area (TPSA) is 52.6 Å². The van der Waals surface area contributed by atoms with Gasteiger partial charge in [-0.05, 0) is 13.3 Å². The van der Waals surface area contributed by atoms with Crippen LogP contribution in [0.25, 0.3) is 0 Å². The van der Waals surface area contributed by atoms with Gasteiger partial charge in [-0.25, -0.2) is 9.59 Å². The monoisotopic (exact) mass is 226 g/mol. The molecule has 0 aliphatic rings. The normalized spacial score (nSPS) is 13.4. The van der Waals surface area contributed by atoms with Crippen LogP contribution in [0.2, 0.25) is 0 Å². The minimum absolute atomic E-state index is 0.194. The fraction of sp³-hybridized carbons (Fsp3) is 0.500. The largest absolute Gasteiger partial charge is 0.462 e. The summed E-state index contributed by atoms with van der Waals surface area (Å²) in [6, 6.07) is 0. The fourth-order valence-electron chi connectivity index (χ4n) is 1.01. The van der Waals surface area contributed by atoms with E-state index >= 15 is 0 Å². The number of esters is 2. The summed E-state index contributed by atoms with van der Waals surface area (Å²) in [6.07, 6.45) is 3.30. The van der Waals surface area contributed by atoms with E-state index in [9.17, 15) is 9.59 Å². The molecule has 0 rings (SSSR count). The number of hydrogen-bond donors (Lipinski definition) is 0. The molecule has 0 spiro atoms. The van der Waals surface area contributed by atoms with Crippen LogP contribution in [0.3, 0.4) is 0 Å². The van der Waals surface area contributed by atoms with Crippen LogP contribution in [0.4, 0.5) is 0 Å². The van der Waals surface area contributed by atoms with Crippen LogP contribution < -0.4 is 0 Å². The first-order chi connectivity index (χ1) is 7.47. The van der Waals surface area contributed by atoms with Crippen LogP contribution >= 0.6 is 0 Å². The third-order valence-electron chi connectivity index (χ3n) is 2.30. The van der Waals surface area contributed by atoms with Crippen molar-refractivity contribution in [2.45, 2.75) is 32.3 Å². The average molecular weight is 226 g/mol. The second kappa shape index (κ2) is 6.82. The Hall–Kier alpha value is -1.58. The van der Waals surface area contributed by atoms with Crippen LogP contribution in [0.5, 0.6) is 0 Å². The van der Waals surface area contributed by atoms with E-state index in [1.54, 1.807) is 6.92 Å². The Labute approximate surface area is 95.9 Å². The average Bonchev–Trinajstić information content (AvgIpc) is 2.28. The molecule has 90 valence electrons. The Morgan fingerprint density at radius 3 is 2.25 bits per heavy atom. The lowest BCUT2D eigenvalue weighted by molar-refractivity contribution is -0.155. The highest BCUT2D eigenvalue weighted by molar-refractivity contribution is 5.81. The summed E-state index contributed by atoms with van der Waals surface area (Å²) < 4.78 is 10.0. The lowest BCUT2D eigenvalue weighted by Gasteiger charge is -2.27. The van der Waals surface area contributed by atoms with E-state index in [1.807, 2.05) is 6.92 Å². The summed E-state index contributed by atoms with van der Waals surface area (Å²) in [5, 5.41) is 0. The van der Waals surface area contributed by atoms with Crippen LogP contribution in [0.15, 0.2) is 25.3 Å². The molecule has 0 aliphatic carbocycles. The Morgan fingerprint density at radius 1 is 1.25 bits per heavy atom. The molecule has 0 fully saturated rings. The molecule has 4 nitrogen and oxygen atoms in total. The standard InChI is InChI=1S/C12H18O4/c1-5-10(13)15-9-8-12(4,7-3)16-11(14)6-2/h5-6H,1-2,7-9H2,3-4H3. The minimum atomic E-state index is -0.632. The van der Waals surface area contributed by atoms with E-state index in [0.717, 1.165) is 12.2 Å². The molecule has 0 aliphatic heterocycles.